The van der Waals surface area contributed by atoms with Crippen LogP contribution in [0.15, 0.2) is 30.3 Å². The molecule has 7 heteroatoms. The first-order valence-electron chi connectivity index (χ1n) is 6.34. The molecule has 0 aromatic heterocycles. The molecule has 0 radical (unpaired) electrons. The zero-order valence-corrected chi connectivity index (χ0v) is 11.9. The lowest BCUT2D eigenvalue weighted by Crippen LogP contribution is -2.52. The standard InChI is InChI=1S/C14H18N2O5/c1-9(21-10(2)17)12(13(15)18)16-14(19)20-8-11-6-4-3-5-7-11/h3-7,9,12H,8H2,1-2H3,(H2,15,18)(H,16,19)/t9-,12+/m1/s1. The summed E-state index contributed by atoms with van der Waals surface area (Å²) in [6.45, 7) is 2.71. The summed E-state index contributed by atoms with van der Waals surface area (Å²) in [7, 11) is 0. The maximum atomic E-state index is 11.6. The van der Waals surface area contributed by atoms with Crippen LogP contribution in [0.3, 0.4) is 0 Å². The van der Waals surface area contributed by atoms with Crippen LogP contribution in [0.5, 0.6) is 0 Å². The Morgan fingerprint density at radius 3 is 2.38 bits per heavy atom. The van der Waals surface area contributed by atoms with Gasteiger partial charge < -0.3 is 20.5 Å². The molecule has 0 spiro atoms. The predicted molar refractivity (Wildman–Crippen MR) is 74.0 cm³/mol. The van der Waals surface area contributed by atoms with Crippen molar-refractivity contribution in [1.82, 2.24) is 5.32 Å². The number of benzene rings is 1. The van der Waals surface area contributed by atoms with E-state index in [-0.39, 0.29) is 6.61 Å². The summed E-state index contributed by atoms with van der Waals surface area (Å²) in [5.74, 6) is -1.39. The molecule has 21 heavy (non-hydrogen) atoms. The fourth-order valence-electron chi connectivity index (χ4n) is 1.64. The summed E-state index contributed by atoms with van der Waals surface area (Å²) in [6, 6.07) is 7.89. The summed E-state index contributed by atoms with van der Waals surface area (Å²) in [6.07, 6.45) is -1.70. The number of nitrogens with one attached hydrogen (secondary N) is 1. The molecule has 1 aromatic carbocycles. The number of rotatable bonds is 6. The first-order chi connectivity index (χ1) is 9.90. The molecule has 114 valence electrons. The van der Waals surface area contributed by atoms with Crippen molar-refractivity contribution in [2.24, 2.45) is 5.73 Å². The number of hydrogen-bond donors (Lipinski definition) is 2. The Labute approximate surface area is 122 Å². The van der Waals surface area contributed by atoms with E-state index in [0.29, 0.717) is 0 Å². The Morgan fingerprint density at radius 2 is 1.86 bits per heavy atom. The van der Waals surface area contributed by atoms with Crippen LogP contribution >= 0.6 is 0 Å². The van der Waals surface area contributed by atoms with E-state index in [1.165, 1.54) is 13.8 Å². The molecule has 0 heterocycles. The highest BCUT2D eigenvalue weighted by Crippen LogP contribution is 2.03. The molecule has 0 bridgehead atoms. The minimum Gasteiger partial charge on any atom is -0.460 e. The Bertz CT molecular complexity index is 503. The zero-order valence-electron chi connectivity index (χ0n) is 11.9. The van der Waals surface area contributed by atoms with Crippen molar-refractivity contribution in [2.75, 3.05) is 0 Å². The first kappa shape index (κ1) is 16.5. The molecule has 0 unspecified atom stereocenters. The van der Waals surface area contributed by atoms with Crippen LogP contribution in [0.1, 0.15) is 19.4 Å². The lowest BCUT2D eigenvalue weighted by Gasteiger charge is -2.21. The number of carbonyl (C=O) groups is 3. The van der Waals surface area contributed by atoms with Crippen LogP contribution in [-0.2, 0) is 25.7 Å². The largest absolute Gasteiger partial charge is 0.460 e. The van der Waals surface area contributed by atoms with Crippen molar-refractivity contribution in [3.63, 3.8) is 0 Å². The van der Waals surface area contributed by atoms with Crippen LogP contribution in [0.2, 0.25) is 0 Å². The first-order valence-corrected chi connectivity index (χ1v) is 6.34. The summed E-state index contributed by atoms with van der Waals surface area (Å²) in [4.78, 5) is 33.8. The van der Waals surface area contributed by atoms with Crippen LogP contribution in [-0.4, -0.2) is 30.1 Å². The van der Waals surface area contributed by atoms with Gasteiger partial charge in [-0.25, -0.2) is 4.79 Å². The van der Waals surface area contributed by atoms with Gasteiger partial charge in [0.05, 0.1) is 0 Å². The maximum absolute atomic E-state index is 11.6. The SMILES string of the molecule is CC(=O)O[C@H](C)[C@H](NC(=O)OCc1ccccc1)C(N)=O. The van der Waals surface area contributed by atoms with Crippen LogP contribution in [0.4, 0.5) is 4.79 Å². The van der Waals surface area contributed by atoms with Gasteiger partial charge in [0.1, 0.15) is 18.8 Å². The molecule has 0 aliphatic carbocycles. The van der Waals surface area contributed by atoms with Crippen molar-refractivity contribution in [1.29, 1.82) is 0 Å². The summed E-state index contributed by atoms with van der Waals surface area (Å²) in [5.41, 5.74) is 5.97. The van der Waals surface area contributed by atoms with Gasteiger partial charge in [-0.3, -0.25) is 9.59 Å². The monoisotopic (exact) mass is 294 g/mol. The van der Waals surface area contributed by atoms with E-state index < -0.39 is 30.1 Å². The number of esters is 1. The second-order valence-corrected chi connectivity index (χ2v) is 4.40. The number of carbonyl (C=O) groups excluding carboxylic acids is 3. The zero-order chi connectivity index (χ0) is 15.8. The minimum atomic E-state index is -1.16. The molecular formula is C14H18N2O5. The molecular weight excluding hydrogens is 276 g/mol. The molecule has 2 atom stereocenters. The fourth-order valence-corrected chi connectivity index (χ4v) is 1.64. The third-order valence-electron chi connectivity index (χ3n) is 2.61. The fraction of sp³-hybridized carbons (Fsp3) is 0.357. The van der Waals surface area contributed by atoms with Gasteiger partial charge in [-0.15, -0.1) is 0 Å². The van der Waals surface area contributed by atoms with Crippen molar-refractivity contribution >= 4 is 18.0 Å². The van der Waals surface area contributed by atoms with Gasteiger partial charge in [0.15, 0.2) is 0 Å². The molecule has 1 aromatic rings. The number of ether oxygens (including phenoxy) is 2. The summed E-state index contributed by atoms with van der Waals surface area (Å²) < 4.78 is 9.79. The number of alkyl carbamates (subject to hydrolysis) is 1. The highest BCUT2D eigenvalue weighted by Gasteiger charge is 2.27. The molecule has 7 nitrogen and oxygen atoms in total. The van der Waals surface area contributed by atoms with Gasteiger partial charge in [-0.2, -0.15) is 0 Å². The molecule has 3 N–H and O–H groups in total. The van der Waals surface area contributed by atoms with Crippen molar-refractivity contribution in [3.05, 3.63) is 35.9 Å². The highest BCUT2D eigenvalue weighted by molar-refractivity contribution is 5.85. The molecule has 0 saturated heterocycles. The van der Waals surface area contributed by atoms with Crippen molar-refractivity contribution < 1.29 is 23.9 Å². The van der Waals surface area contributed by atoms with E-state index >= 15 is 0 Å². The third kappa shape index (κ3) is 5.94. The smallest absolute Gasteiger partial charge is 0.408 e. The molecule has 1 rings (SSSR count). The van der Waals surface area contributed by atoms with E-state index in [0.717, 1.165) is 5.56 Å². The number of primary amides is 1. The van der Waals surface area contributed by atoms with E-state index in [1.807, 2.05) is 18.2 Å². The van der Waals surface area contributed by atoms with Gasteiger partial charge in [-0.1, -0.05) is 30.3 Å². The minimum absolute atomic E-state index is 0.0557. The molecule has 2 amide bonds. The maximum Gasteiger partial charge on any atom is 0.408 e. The lowest BCUT2D eigenvalue weighted by atomic mass is 10.2. The van der Waals surface area contributed by atoms with E-state index in [9.17, 15) is 14.4 Å². The van der Waals surface area contributed by atoms with Gasteiger partial charge >= 0.3 is 12.1 Å². The van der Waals surface area contributed by atoms with Gasteiger partial charge in [-0.05, 0) is 12.5 Å². The molecule has 0 fully saturated rings. The van der Waals surface area contributed by atoms with Crippen molar-refractivity contribution in [3.8, 4) is 0 Å². The lowest BCUT2D eigenvalue weighted by molar-refractivity contribution is -0.148. The van der Waals surface area contributed by atoms with E-state index in [1.54, 1.807) is 12.1 Å². The quantitative estimate of drug-likeness (QED) is 0.751. The Balaban J connectivity index is 2.52. The second kappa shape index (κ2) is 7.88. The predicted octanol–water partition coefficient (Wildman–Crippen LogP) is 0.718. The molecule has 0 aliphatic heterocycles. The summed E-state index contributed by atoms with van der Waals surface area (Å²) >= 11 is 0. The highest BCUT2D eigenvalue weighted by atomic mass is 16.6. The van der Waals surface area contributed by atoms with Crippen molar-refractivity contribution in [2.45, 2.75) is 32.6 Å². The normalized spacial score (nSPS) is 12.9. The molecule has 0 saturated carbocycles. The van der Waals surface area contributed by atoms with E-state index in [2.05, 4.69) is 5.32 Å². The molecule has 0 aliphatic rings. The van der Waals surface area contributed by atoms with Gasteiger partial charge in [0.2, 0.25) is 5.91 Å². The number of hydrogen-bond acceptors (Lipinski definition) is 5. The van der Waals surface area contributed by atoms with Crippen LogP contribution in [0, 0.1) is 0 Å². The van der Waals surface area contributed by atoms with Gasteiger partial charge in [0, 0.05) is 6.92 Å². The van der Waals surface area contributed by atoms with E-state index in [4.69, 9.17) is 15.2 Å². The summed E-state index contributed by atoms with van der Waals surface area (Å²) in [5, 5.41) is 2.28. The van der Waals surface area contributed by atoms with Gasteiger partial charge in [0.25, 0.3) is 0 Å². The Hall–Kier alpha value is -2.57. The average molecular weight is 294 g/mol. The van der Waals surface area contributed by atoms with Crippen LogP contribution in [0.25, 0.3) is 0 Å². The van der Waals surface area contributed by atoms with Crippen LogP contribution < -0.4 is 11.1 Å². The topological polar surface area (TPSA) is 108 Å². The number of nitrogens with two attached hydrogens (primary N) is 1. The third-order valence-corrected chi connectivity index (χ3v) is 2.61. The number of amides is 2. The average Bonchev–Trinajstić information content (AvgIpc) is 2.42. The Kier molecular flexibility index (Phi) is 6.19. The Morgan fingerprint density at radius 1 is 1.24 bits per heavy atom. The second-order valence-electron chi connectivity index (χ2n) is 4.40.